The molecule has 0 radical (unpaired) electrons. The Labute approximate surface area is 130 Å². The summed E-state index contributed by atoms with van der Waals surface area (Å²) in [4.78, 5) is 14.4. The second kappa shape index (κ2) is 6.28. The van der Waals surface area contributed by atoms with Gasteiger partial charge in [0.15, 0.2) is 14.8 Å². The number of pyridine rings is 1. The van der Waals surface area contributed by atoms with Crippen LogP contribution in [0.3, 0.4) is 0 Å². The number of hydrogen-bond acceptors (Lipinski definition) is 8. The van der Waals surface area contributed by atoms with Crippen LogP contribution in [0, 0.1) is 10.1 Å². The minimum atomic E-state index is -3.48. The number of rotatable bonds is 6. The zero-order valence-electron chi connectivity index (χ0n) is 11.8. The first kappa shape index (κ1) is 16.2. The zero-order valence-corrected chi connectivity index (χ0v) is 13.4. The molecule has 22 heavy (non-hydrogen) atoms. The highest BCUT2D eigenvalue weighted by Gasteiger charge is 2.23. The summed E-state index contributed by atoms with van der Waals surface area (Å²) >= 11 is 0.836. The summed E-state index contributed by atoms with van der Waals surface area (Å²) in [6.07, 6.45) is 2.59. The van der Waals surface area contributed by atoms with Crippen LogP contribution in [0.4, 0.5) is 10.7 Å². The lowest BCUT2D eigenvalue weighted by molar-refractivity contribution is -0.383. The fraction of sp³-hybridized carbons (Fsp3) is 0.250. The quantitative estimate of drug-likeness (QED) is 0.631. The third kappa shape index (κ3) is 3.71. The van der Waals surface area contributed by atoms with E-state index in [0.717, 1.165) is 29.2 Å². The molecule has 2 aromatic heterocycles. The molecule has 0 fully saturated rings. The molecule has 0 aliphatic rings. The van der Waals surface area contributed by atoms with Crippen molar-refractivity contribution in [3.05, 3.63) is 40.1 Å². The van der Waals surface area contributed by atoms with Gasteiger partial charge in [0.2, 0.25) is 5.88 Å². The monoisotopic (exact) mass is 343 g/mol. The molecule has 0 atom stereocenters. The van der Waals surface area contributed by atoms with Crippen LogP contribution in [0.5, 0.6) is 5.88 Å². The van der Waals surface area contributed by atoms with Crippen LogP contribution in [0.1, 0.15) is 5.56 Å². The number of nitrogens with zero attached hydrogens (tertiary/aromatic N) is 2. The molecular weight excluding hydrogens is 330 g/mol. The Kier molecular flexibility index (Phi) is 4.62. The predicted octanol–water partition coefficient (Wildman–Crippen LogP) is 2.08. The average molecular weight is 343 g/mol. The Balaban J connectivity index is 2.21. The summed E-state index contributed by atoms with van der Waals surface area (Å²) in [5.74, 6) is 0.463. The number of methoxy groups -OCH3 is 1. The maximum atomic E-state index is 11.5. The van der Waals surface area contributed by atoms with E-state index in [1.165, 1.54) is 7.11 Å². The Hall–Kier alpha value is -2.20. The molecule has 0 aliphatic heterocycles. The van der Waals surface area contributed by atoms with Crippen LogP contribution in [-0.4, -0.2) is 31.7 Å². The molecule has 2 heterocycles. The molecule has 2 aromatic rings. The number of ether oxygens (including phenoxy) is 1. The molecule has 0 bridgehead atoms. The van der Waals surface area contributed by atoms with E-state index in [-0.39, 0.29) is 21.4 Å². The molecular formula is C12H13N3O5S2. The molecule has 10 heteroatoms. The van der Waals surface area contributed by atoms with E-state index in [0.29, 0.717) is 5.88 Å². The lowest BCUT2D eigenvalue weighted by Gasteiger charge is -2.04. The number of nitro groups is 1. The van der Waals surface area contributed by atoms with E-state index in [2.05, 4.69) is 10.3 Å². The molecule has 8 nitrogen and oxygen atoms in total. The van der Waals surface area contributed by atoms with Gasteiger partial charge in [0, 0.05) is 31.1 Å². The summed E-state index contributed by atoms with van der Waals surface area (Å²) in [5.41, 5.74) is 0.524. The van der Waals surface area contributed by atoms with Crippen LogP contribution in [0.15, 0.2) is 28.6 Å². The molecule has 2 rings (SSSR count). The number of aromatic nitrogens is 1. The van der Waals surface area contributed by atoms with Gasteiger partial charge in [-0.25, -0.2) is 13.4 Å². The van der Waals surface area contributed by atoms with E-state index < -0.39 is 14.8 Å². The molecule has 0 aliphatic carbocycles. The fourth-order valence-electron chi connectivity index (χ4n) is 1.62. The Morgan fingerprint density at radius 3 is 2.68 bits per heavy atom. The minimum Gasteiger partial charge on any atom is -0.481 e. The molecule has 0 unspecified atom stereocenters. The highest BCUT2D eigenvalue weighted by molar-refractivity contribution is 7.92. The summed E-state index contributed by atoms with van der Waals surface area (Å²) < 4.78 is 27.9. The van der Waals surface area contributed by atoms with Gasteiger partial charge in [0.25, 0.3) is 0 Å². The topological polar surface area (TPSA) is 111 Å². The zero-order chi connectivity index (χ0) is 16.3. The van der Waals surface area contributed by atoms with Crippen molar-refractivity contribution in [2.45, 2.75) is 10.8 Å². The van der Waals surface area contributed by atoms with Crippen molar-refractivity contribution in [2.75, 3.05) is 18.7 Å². The molecule has 0 amide bonds. The first-order valence-corrected chi connectivity index (χ1v) is 8.73. The van der Waals surface area contributed by atoms with Crippen molar-refractivity contribution in [1.29, 1.82) is 0 Å². The van der Waals surface area contributed by atoms with Gasteiger partial charge in [0.1, 0.15) is 4.21 Å². The highest BCUT2D eigenvalue weighted by atomic mass is 32.2. The standard InChI is InChI=1S/C12H13N3O5S2/c1-20-10-4-3-8(6-13-10)7-14-12-9(15(16)17)5-11(21-12)22(2,18)19/h3-6,14H,7H2,1-2H3. The van der Waals surface area contributed by atoms with Crippen LogP contribution < -0.4 is 10.1 Å². The van der Waals surface area contributed by atoms with E-state index in [4.69, 9.17) is 4.74 Å². The van der Waals surface area contributed by atoms with Gasteiger partial charge in [-0.05, 0) is 5.56 Å². The predicted molar refractivity (Wildman–Crippen MR) is 82.2 cm³/mol. The SMILES string of the molecule is COc1ccc(CNc2sc(S(C)(=O)=O)cc2[N+](=O)[O-])cn1. The number of nitrogens with one attached hydrogen (secondary N) is 1. The summed E-state index contributed by atoms with van der Waals surface area (Å²) in [5, 5.41) is 14.1. The van der Waals surface area contributed by atoms with Gasteiger partial charge in [0.05, 0.1) is 12.0 Å². The Morgan fingerprint density at radius 1 is 1.45 bits per heavy atom. The molecule has 0 saturated carbocycles. The van der Waals surface area contributed by atoms with Gasteiger partial charge in [-0.3, -0.25) is 10.1 Å². The van der Waals surface area contributed by atoms with E-state index >= 15 is 0 Å². The third-order valence-electron chi connectivity index (χ3n) is 2.71. The Morgan fingerprint density at radius 2 is 2.18 bits per heavy atom. The van der Waals surface area contributed by atoms with Crippen molar-refractivity contribution < 1.29 is 18.1 Å². The molecule has 0 spiro atoms. The average Bonchev–Trinajstić information content (AvgIpc) is 2.90. The van der Waals surface area contributed by atoms with Crippen molar-refractivity contribution in [2.24, 2.45) is 0 Å². The summed E-state index contributed by atoms with van der Waals surface area (Å²) in [6, 6.07) is 4.49. The second-order valence-corrected chi connectivity index (χ2v) is 7.67. The van der Waals surface area contributed by atoms with E-state index in [9.17, 15) is 18.5 Å². The normalized spacial score (nSPS) is 11.2. The van der Waals surface area contributed by atoms with Crippen LogP contribution in [0.25, 0.3) is 0 Å². The van der Waals surface area contributed by atoms with Gasteiger partial charge in [-0.2, -0.15) is 0 Å². The highest BCUT2D eigenvalue weighted by Crippen LogP contribution is 2.37. The molecule has 118 valence electrons. The van der Waals surface area contributed by atoms with Gasteiger partial charge < -0.3 is 10.1 Å². The summed E-state index contributed by atoms with van der Waals surface area (Å²) in [6.45, 7) is 0.279. The minimum absolute atomic E-state index is 0.0467. The van der Waals surface area contributed by atoms with E-state index in [1.807, 2.05) is 0 Å². The second-order valence-electron chi connectivity index (χ2n) is 4.37. The first-order chi connectivity index (χ1) is 10.3. The molecule has 0 aromatic carbocycles. The number of sulfone groups is 1. The number of thiophene rings is 1. The lowest BCUT2D eigenvalue weighted by Crippen LogP contribution is -2.00. The molecule has 0 saturated heterocycles. The van der Waals surface area contributed by atoms with Gasteiger partial charge in [-0.1, -0.05) is 17.4 Å². The Bertz CT molecular complexity index is 784. The van der Waals surface area contributed by atoms with Crippen molar-refractivity contribution in [3.8, 4) is 5.88 Å². The number of anilines is 1. The van der Waals surface area contributed by atoms with E-state index in [1.54, 1.807) is 18.3 Å². The maximum absolute atomic E-state index is 11.5. The number of hydrogen-bond donors (Lipinski definition) is 1. The van der Waals surface area contributed by atoms with Crippen molar-refractivity contribution >= 4 is 31.9 Å². The van der Waals surface area contributed by atoms with Crippen LogP contribution in [0.2, 0.25) is 0 Å². The smallest absolute Gasteiger partial charge is 0.304 e. The third-order valence-corrected chi connectivity index (χ3v) is 5.60. The van der Waals surface area contributed by atoms with Gasteiger partial charge in [-0.15, -0.1) is 0 Å². The lowest BCUT2D eigenvalue weighted by atomic mass is 10.3. The van der Waals surface area contributed by atoms with Crippen molar-refractivity contribution in [3.63, 3.8) is 0 Å². The van der Waals surface area contributed by atoms with Crippen molar-refractivity contribution in [1.82, 2.24) is 4.98 Å². The largest absolute Gasteiger partial charge is 0.481 e. The fourth-order valence-corrected chi connectivity index (χ4v) is 3.56. The van der Waals surface area contributed by atoms with Crippen LogP contribution in [-0.2, 0) is 16.4 Å². The first-order valence-electron chi connectivity index (χ1n) is 6.02. The maximum Gasteiger partial charge on any atom is 0.304 e. The summed E-state index contributed by atoms with van der Waals surface area (Å²) in [7, 11) is -1.98. The molecule has 1 N–H and O–H groups in total. The van der Waals surface area contributed by atoms with Gasteiger partial charge >= 0.3 is 5.69 Å². The van der Waals surface area contributed by atoms with Crippen LogP contribution >= 0.6 is 11.3 Å².